The molecule has 208 valence electrons. The lowest BCUT2D eigenvalue weighted by atomic mass is 10.1. The highest BCUT2D eigenvalue weighted by atomic mass is 79.9. The van der Waals surface area contributed by atoms with Crippen LogP contribution in [-0.4, -0.2) is 44.3 Å². The van der Waals surface area contributed by atoms with Gasteiger partial charge in [0.1, 0.15) is 12.6 Å². The number of nitrogens with zero attached hydrogens (tertiary/aromatic N) is 2. The van der Waals surface area contributed by atoms with E-state index < -0.39 is 28.5 Å². The van der Waals surface area contributed by atoms with E-state index in [1.165, 1.54) is 17.0 Å². The van der Waals surface area contributed by atoms with Gasteiger partial charge < -0.3 is 10.2 Å². The first-order valence-electron chi connectivity index (χ1n) is 12.3. The lowest BCUT2D eigenvalue weighted by Crippen LogP contribution is -2.51. The summed E-state index contributed by atoms with van der Waals surface area (Å²) < 4.78 is 29.4. The summed E-state index contributed by atoms with van der Waals surface area (Å²) in [6.07, 6.45) is 0.716. The standard InChI is InChI=1S/C28H30BrCl2N3O4S/c1-4-15-32-28(36)20(3)33(17-24-25(30)9-6-10-26(24)31)27(35)18-34(22-8-5-7-21(29)16-22)39(37,38)23-13-11-19(2)12-14-23/h5-14,16,20H,4,15,17-18H2,1-3H3,(H,32,36)/t20-/m1/s1. The normalized spacial score (nSPS) is 12.1. The number of hydrogen-bond donors (Lipinski definition) is 1. The van der Waals surface area contributed by atoms with Gasteiger partial charge in [-0.1, -0.05) is 75.9 Å². The summed E-state index contributed by atoms with van der Waals surface area (Å²) in [5.41, 5.74) is 1.64. The zero-order chi connectivity index (χ0) is 28.7. The number of rotatable bonds is 11. The Bertz CT molecular complexity index is 1410. The van der Waals surface area contributed by atoms with Crippen molar-refractivity contribution in [1.29, 1.82) is 0 Å². The Morgan fingerprint density at radius 2 is 1.62 bits per heavy atom. The van der Waals surface area contributed by atoms with Crippen molar-refractivity contribution in [3.05, 3.63) is 92.4 Å². The van der Waals surface area contributed by atoms with E-state index in [1.54, 1.807) is 61.5 Å². The van der Waals surface area contributed by atoms with Gasteiger partial charge in [0, 0.05) is 33.2 Å². The minimum absolute atomic E-state index is 0.0373. The number of benzene rings is 3. The molecule has 0 radical (unpaired) electrons. The van der Waals surface area contributed by atoms with Crippen LogP contribution < -0.4 is 9.62 Å². The topological polar surface area (TPSA) is 86.8 Å². The Morgan fingerprint density at radius 1 is 1.00 bits per heavy atom. The molecule has 0 spiro atoms. The molecule has 1 N–H and O–H groups in total. The minimum atomic E-state index is -4.15. The Morgan fingerprint density at radius 3 is 2.21 bits per heavy atom. The number of halogens is 3. The molecule has 7 nitrogen and oxygen atoms in total. The van der Waals surface area contributed by atoms with E-state index in [0.29, 0.717) is 33.0 Å². The fourth-order valence-corrected chi connectivity index (χ4v) is 6.14. The molecular weight excluding hydrogens is 625 g/mol. The number of anilines is 1. The van der Waals surface area contributed by atoms with Crippen LogP contribution in [0.1, 0.15) is 31.4 Å². The van der Waals surface area contributed by atoms with Crippen molar-refractivity contribution in [2.45, 2.75) is 44.7 Å². The van der Waals surface area contributed by atoms with Crippen LogP contribution in [0.4, 0.5) is 5.69 Å². The van der Waals surface area contributed by atoms with Gasteiger partial charge in [0.05, 0.1) is 10.6 Å². The van der Waals surface area contributed by atoms with Crippen LogP contribution in [0.25, 0.3) is 0 Å². The first-order chi connectivity index (χ1) is 18.4. The summed E-state index contributed by atoms with van der Waals surface area (Å²) in [4.78, 5) is 28.2. The molecule has 0 saturated heterocycles. The maximum absolute atomic E-state index is 13.9. The van der Waals surface area contributed by atoms with Gasteiger partial charge in [0.15, 0.2) is 0 Å². The maximum Gasteiger partial charge on any atom is 0.264 e. The molecule has 0 aliphatic carbocycles. The Kier molecular flexibility index (Phi) is 10.8. The molecule has 3 rings (SSSR count). The van der Waals surface area contributed by atoms with Crippen molar-refractivity contribution in [3.63, 3.8) is 0 Å². The van der Waals surface area contributed by atoms with E-state index in [0.717, 1.165) is 9.87 Å². The van der Waals surface area contributed by atoms with E-state index in [9.17, 15) is 18.0 Å². The van der Waals surface area contributed by atoms with E-state index in [4.69, 9.17) is 23.2 Å². The number of carbonyl (C=O) groups excluding carboxylic acids is 2. The molecule has 0 aliphatic rings. The van der Waals surface area contributed by atoms with Gasteiger partial charge in [-0.3, -0.25) is 13.9 Å². The molecule has 3 aromatic rings. The van der Waals surface area contributed by atoms with Crippen LogP contribution in [0.2, 0.25) is 10.0 Å². The highest BCUT2D eigenvalue weighted by Crippen LogP contribution is 2.29. The van der Waals surface area contributed by atoms with E-state index in [1.807, 2.05) is 13.8 Å². The average molecular weight is 655 g/mol. The molecule has 11 heteroatoms. The monoisotopic (exact) mass is 653 g/mol. The first-order valence-corrected chi connectivity index (χ1v) is 15.3. The third kappa shape index (κ3) is 7.75. The first kappa shape index (κ1) is 30.9. The van der Waals surface area contributed by atoms with Gasteiger partial charge in [-0.2, -0.15) is 0 Å². The van der Waals surface area contributed by atoms with Crippen LogP contribution in [0, 0.1) is 6.92 Å². The van der Waals surface area contributed by atoms with Gasteiger partial charge in [0.25, 0.3) is 10.0 Å². The van der Waals surface area contributed by atoms with Crippen molar-refractivity contribution in [2.24, 2.45) is 0 Å². The van der Waals surface area contributed by atoms with Gasteiger partial charge in [-0.25, -0.2) is 8.42 Å². The second-order valence-electron chi connectivity index (χ2n) is 8.99. The van der Waals surface area contributed by atoms with Crippen LogP contribution in [-0.2, 0) is 26.2 Å². The van der Waals surface area contributed by atoms with Gasteiger partial charge in [0.2, 0.25) is 11.8 Å². The fraction of sp³-hybridized carbons (Fsp3) is 0.286. The van der Waals surface area contributed by atoms with E-state index >= 15 is 0 Å². The molecule has 0 bridgehead atoms. The van der Waals surface area contributed by atoms with Crippen molar-refractivity contribution in [3.8, 4) is 0 Å². The predicted molar refractivity (Wildman–Crippen MR) is 160 cm³/mol. The zero-order valence-electron chi connectivity index (χ0n) is 21.8. The number of amides is 2. The zero-order valence-corrected chi connectivity index (χ0v) is 25.7. The SMILES string of the molecule is CCCNC(=O)[C@@H](C)N(Cc1c(Cl)cccc1Cl)C(=O)CN(c1cccc(Br)c1)S(=O)(=O)c1ccc(C)cc1. The molecule has 0 unspecified atom stereocenters. The minimum Gasteiger partial charge on any atom is -0.354 e. The molecule has 1 atom stereocenters. The number of aryl methyl sites for hydroxylation is 1. The number of sulfonamides is 1. The summed E-state index contributed by atoms with van der Waals surface area (Å²) in [7, 11) is -4.15. The average Bonchev–Trinajstić information content (AvgIpc) is 2.89. The highest BCUT2D eigenvalue weighted by molar-refractivity contribution is 9.10. The fourth-order valence-electron chi connectivity index (χ4n) is 3.83. The molecule has 0 aromatic heterocycles. The molecule has 39 heavy (non-hydrogen) atoms. The lowest BCUT2D eigenvalue weighted by molar-refractivity contribution is -0.139. The molecule has 2 amide bonds. The predicted octanol–water partition coefficient (Wildman–Crippen LogP) is 6.20. The smallest absolute Gasteiger partial charge is 0.264 e. The van der Waals surface area contributed by atoms with Gasteiger partial charge in [-0.15, -0.1) is 0 Å². The summed E-state index contributed by atoms with van der Waals surface area (Å²) in [5, 5.41) is 3.46. The van der Waals surface area contributed by atoms with E-state index in [-0.39, 0.29) is 23.0 Å². The number of hydrogen-bond acceptors (Lipinski definition) is 4. The Balaban J connectivity index is 2.06. The molecule has 0 fully saturated rings. The Labute approximate surface area is 248 Å². The van der Waals surface area contributed by atoms with Crippen LogP contribution >= 0.6 is 39.1 Å². The van der Waals surface area contributed by atoms with Crippen LogP contribution in [0.5, 0.6) is 0 Å². The number of carbonyl (C=O) groups is 2. The lowest BCUT2D eigenvalue weighted by Gasteiger charge is -2.32. The van der Waals surface area contributed by atoms with Crippen molar-refractivity contribution < 1.29 is 18.0 Å². The quantitative estimate of drug-likeness (QED) is 0.267. The van der Waals surface area contributed by atoms with Gasteiger partial charge >= 0.3 is 0 Å². The maximum atomic E-state index is 13.9. The molecule has 0 heterocycles. The largest absolute Gasteiger partial charge is 0.354 e. The third-order valence-corrected chi connectivity index (χ3v) is 9.08. The Hall–Kier alpha value is -2.59. The summed E-state index contributed by atoms with van der Waals surface area (Å²) in [5.74, 6) is -0.968. The second-order valence-corrected chi connectivity index (χ2v) is 12.6. The molecular formula is C28H30BrCl2N3O4S. The summed E-state index contributed by atoms with van der Waals surface area (Å²) in [6.45, 7) is 5.16. The van der Waals surface area contributed by atoms with Crippen LogP contribution in [0.15, 0.2) is 76.1 Å². The highest BCUT2D eigenvalue weighted by Gasteiger charge is 2.33. The third-order valence-electron chi connectivity index (χ3n) is 6.09. The number of nitrogens with one attached hydrogen (secondary N) is 1. The molecule has 0 aliphatic heterocycles. The van der Waals surface area contributed by atoms with Crippen LogP contribution in [0.3, 0.4) is 0 Å². The molecule has 0 saturated carbocycles. The van der Waals surface area contributed by atoms with Gasteiger partial charge in [-0.05, 0) is 62.7 Å². The summed E-state index contributed by atoms with van der Waals surface area (Å²) >= 11 is 16.2. The molecule has 3 aromatic carbocycles. The second kappa shape index (κ2) is 13.7. The summed E-state index contributed by atoms with van der Waals surface area (Å²) in [6, 6.07) is 17.1. The van der Waals surface area contributed by atoms with Crippen molar-refractivity contribution >= 4 is 66.7 Å². The van der Waals surface area contributed by atoms with Crippen molar-refractivity contribution in [1.82, 2.24) is 10.2 Å². The van der Waals surface area contributed by atoms with E-state index in [2.05, 4.69) is 21.2 Å². The van der Waals surface area contributed by atoms with Crippen molar-refractivity contribution in [2.75, 3.05) is 17.4 Å².